The van der Waals surface area contributed by atoms with Crippen LogP contribution in [0.5, 0.6) is 17.2 Å². The van der Waals surface area contributed by atoms with Crippen molar-refractivity contribution < 1.29 is 23.2 Å². The van der Waals surface area contributed by atoms with E-state index in [0.29, 0.717) is 17.9 Å². The number of phosphoric ester groups is 1. The van der Waals surface area contributed by atoms with Crippen molar-refractivity contribution in [1.29, 1.82) is 0 Å². The van der Waals surface area contributed by atoms with Gasteiger partial charge >= 0.3 is 7.82 Å². The molecule has 0 aliphatic rings. The molecule has 1 unspecified atom stereocenters. The summed E-state index contributed by atoms with van der Waals surface area (Å²) in [5.74, 6) is 1.22. The fraction of sp³-hybridized carbons (Fsp3) is 0.556. The van der Waals surface area contributed by atoms with Crippen molar-refractivity contribution in [2.45, 2.75) is 90.9 Å². The third-order valence-corrected chi connectivity index (χ3v) is 6.54. The fourth-order valence-electron chi connectivity index (χ4n) is 3.73. The van der Waals surface area contributed by atoms with E-state index in [1.54, 1.807) is 42.5 Å². The SMILES string of the molecule is CCCCCCCCCCCCCCOc1cccc(OP(=O)(O)Oc2ccccc2)c1C. The van der Waals surface area contributed by atoms with Crippen LogP contribution in [0.3, 0.4) is 0 Å². The van der Waals surface area contributed by atoms with Gasteiger partial charge in [0.05, 0.1) is 6.61 Å². The number of benzene rings is 2. The maximum atomic E-state index is 12.4. The summed E-state index contributed by atoms with van der Waals surface area (Å²) >= 11 is 0. The van der Waals surface area contributed by atoms with Gasteiger partial charge in [-0.2, -0.15) is 0 Å². The van der Waals surface area contributed by atoms with Crippen LogP contribution < -0.4 is 13.8 Å². The summed E-state index contributed by atoms with van der Waals surface area (Å²) < 4.78 is 28.7. The van der Waals surface area contributed by atoms with Crippen LogP contribution in [0.4, 0.5) is 0 Å². The van der Waals surface area contributed by atoms with Gasteiger partial charge in [0, 0.05) is 5.56 Å². The van der Waals surface area contributed by atoms with Crippen molar-refractivity contribution in [3.63, 3.8) is 0 Å². The molecule has 0 spiro atoms. The molecular weight excluding hydrogens is 435 g/mol. The summed E-state index contributed by atoms with van der Waals surface area (Å²) in [6.45, 7) is 4.70. The molecule has 0 heterocycles. The number of hydrogen-bond acceptors (Lipinski definition) is 4. The van der Waals surface area contributed by atoms with Crippen molar-refractivity contribution in [1.82, 2.24) is 0 Å². The second kappa shape index (κ2) is 15.8. The highest BCUT2D eigenvalue weighted by Gasteiger charge is 2.26. The molecule has 0 saturated carbocycles. The number of ether oxygens (including phenoxy) is 1. The third-order valence-electron chi connectivity index (χ3n) is 5.67. The Balaban J connectivity index is 1.63. The van der Waals surface area contributed by atoms with Crippen LogP contribution in [0.15, 0.2) is 48.5 Å². The standard InChI is InChI=1S/C27H41O5P/c1-3-4-5-6-7-8-9-10-11-12-13-17-23-30-26-21-18-22-27(24(26)2)32-33(28,29)31-25-19-15-14-16-20-25/h14-16,18-22H,3-13,17,23H2,1-2H3,(H,28,29). The van der Waals surface area contributed by atoms with E-state index in [1.165, 1.54) is 64.2 Å². The molecular formula is C27H41O5P. The molecule has 0 saturated heterocycles. The lowest BCUT2D eigenvalue weighted by Gasteiger charge is -2.17. The lowest BCUT2D eigenvalue weighted by atomic mass is 10.1. The van der Waals surface area contributed by atoms with Crippen molar-refractivity contribution in [2.75, 3.05) is 6.61 Å². The molecule has 0 aliphatic heterocycles. The molecule has 0 amide bonds. The quantitative estimate of drug-likeness (QED) is 0.172. The lowest BCUT2D eigenvalue weighted by Crippen LogP contribution is -2.03. The minimum Gasteiger partial charge on any atom is -0.493 e. The van der Waals surface area contributed by atoms with E-state index in [2.05, 4.69) is 6.92 Å². The van der Waals surface area contributed by atoms with Gasteiger partial charge in [0.15, 0.2) is 0 Å². The Hall–Kier alpha value is -1.97. The van der Waals surface area contributed by atoms with Crippen molar-refractivity contribution in [3.05, 3.63) is 54.1 Å². The minimum absolute atomic E-state index is 0.278. The van der Waals surface area contributed by atoms with Crippen LogP contribution in [0, 0.1) is 6.92 Å². The molecule has 2 rings (SSSR count). The van der Waals surface area contributed by atoms with Crippen molar-refractivity contribution in [2.24, 2.45) is 0 Å². The monoisotopic (exact) mass is 476 g/mol. The zero-order valence-corrected chi connectivity index (χ0v) is 21.2. The number of rotatable bonds is 18. The van der Waals surface area contributed by atoms with Crippen molar-refractivity contribution in [3.8, 4) is 17.2 Å². The molecule has 2 aromatic carbocycles. The first-order valence-electron chi connectivity index (χ1n) is 12.5. The molecule has 6 heteroatoms. The Morgan fingerprint density at radius 1 is 0.697 bits per heavy atom. The highest BCUT2D eigenvalue weighted by atomic mass is 31.2. The third kappa shape index (κ3) is 11.6. The zero-order chi connectivity index (χ0) is 23.8. The van der Waals surface area contributed by atoms with Crippen LogP contribution in [-0.2, 0) is 4.57 Å². The predicted octanol–water partition coefficient (Wildman–Crippen LogP) is 8.63. The Bertz CT molecular complexity index is 825. The molecule has 0 aromatic heterocycles. The van der Waals surface area contributed by atoms with Crippen molar-refractivity contribution >= 4 is 7.82 Å². The summed E-state index contributed by atoms with van der Waals surface area (Å²) in [5, 5.41) is 0. The maximum absolute atomic E-state index is 12.4. The minimum atomic E-state index is -4.30. The molecule has 5 nitrogen and oxygen atoms in total. The van der Waals surface area contributed by atoms with E-state index >= 15 is 0 Å². The number of para-hydroxylation sites is 1. The average molecular weight is 477 g/mol. The van der Waals surface area contributed by atoms with Gasteiger partial charge in [-0.15, -0.1) is 0 Å². The first-order valence-corrected chi connectivity index (χ1v) is 14.0. The fourth-order valence-corrected chi connectivity index (χ4v) is 4.60. The maximum Gasteiger partial charge on any atom is 0.584 e. The highest BCUT2D eigenvalue weighted by Crippen LogP contribution is 2.46. The zero-order valence-electron chi connectivity index (χ0n) is 20.3. The Morgan fingerprint density at radius 2 is 1.24 bits per heavy atom. The Morgan fingerprint density at radius 3 is 1.85 bits per heavy atom. The van der Waals surface area contributed by atoms with Crippen LogP contribution in [-0.4, -0.2) is 11.5 Å². The van der Waals surface area contributed by atoms with Crippen LogP contribution >= 0.6 is 7.82 Å². The molecule has 1 N–H and O–H groups in total. The molecule has 0 bridgehead atoms. The predicted molar refractivity (Wildman–Crippen MR) is 135 cm³/mol. The van der Waals surface area contributed by atoms with Gasteiger partial charge in [0.1, 0.15) is 17.2 Å². The molecule has 184 valence electrons. The topological polar surface area (TPSA) is 65.0 Å². The lowest BCUT2D eigenvalue weighted by molar-refractivity contribution is 0.285. The second-order valence-electron chi connectivity index (χ2n) is 8.58. The van der Waals surface area contributed by atoms with Crippen LogP contribution in [0.25, 0.3) is 0 Å². The molecule has 2 aromatic rings. The number of phosphoric acid groups is 1. The average Bonchev–Trinajstić information content (AvgIpc) is 2.79. The summed E-state index contributed by atoms with van der Waals surface area (Å²) in [7, 11) is -4.30. The Kier molecular flexibility index (Phi) is 13.1. The van der Waals surface area contributed by atoms with Gasteiger partial charge in [-0.25, -0.2) is 4.57 Å². The van der Waals surface area contributed by atoms with E-state index in [1.807, 2.05) is 13.0 Å². The van der Waals surface area contributed by atoms with E-state index in [9.17, 15) is 9.46 Å². The largest absolute Gasteiger partial charge is 0.584 e. The van der Waals surface area contributed by atoms with E-state index in [4.69, 9.17) is 13.8 Å². The molecule has 0 aliphatic carbocycles. The second-order valence-corrected chi connectivity index (χ2v) is 9.88. The van der Waals surface area contributed by atoms with Crippen LogP contribution in [0.1, 0.15) is 89.5 Å². The first kappa shape index (κ1) is 27.3. The molecule has 1 atom stereocenters. The molecule has 0 fully saturated rings. The van der Waals surface area contributed by atoms with Gasteiger partial charge in [-0.1, -0.05) is 102 Å². The summed E-state index contributed by atoms with van der Waals surface area (Å²) in [4.78, 5) is 10.1. The molecule has 33 heavy (non-hydrogen) atoms. The van der Waals surface area contributed by atoms with Gasteiger partial charge in [0.2, 0.25) is 0 Å². The summed E-state index contributed by atoms with van der Waals surface area (Å²) in [6, 6.07) is 13.7. The normalized spacial score (nSPS) is 12.8. The first-order chi connectivity index (χ1) is 16.0. The Labute approximate surface area is 200 Å². The van der Waals surface area contributed by atoms with E-state index < -0.39 is 7.82 Å². The van der Waals surface area contributed by atoms with Crippen LogP contribution in [0.2, 0.25) is 0 Å². The van der Waals surface area contributed by atoms with Gasteiger partial charge in [-0.3, -0.25) is 4.89 Å². The summed E-state index contributed by atoms with van der Waals surface area (Å²) in [6.07, 6.45) is 15.6. The highest BCUT2D eigenvalue weighted by molar-refractivity contribution is 7.48. The number of hydrogen-bond donors (Lipinski definition) is 1. The smallest absolute Gasteiger partial charge is 0.493 e. The molecule has 0 radical (unpaired) electrons. The van der Waals surface area contributed by atoms with Gasteiger partial charge < -0.3 is 13.8 Å². The van der Waals surface area contributed by atoms with E-state index in [0.717, 1.165) is 12.8 Å². The van der Waals surface area contributed by atoms with Gasteiger partial charge in [0.25, 0.3) is 0 Å². The number of unbranched alkanes of at least 4 members (excludes halogenated alkanes) is 11. The summed E-state index contributed by atoms with van der Waals surface area (Å²) in [5.41, 5.74) is 0.683. The van der Waals surface area contributed by atoms with Gasteiger partial charge in [-0.05, 0) is 37.6 Å². The van der Waals surface area contributed by atoms with E-state index in [-0.39, 0.29) is 11.5 Å².